The molecule has 1 N–H and O–H groups in total. The summed E-state index contributed by atoms with van der Waals surface area (Å²) in [6.07, 6.45) is 3.82. The molecule has 1 heterocycles. The first-order valence-corrected chi connectivity index (χ1v) is 8.21. The molecule has 1 fully saturated rings. The van der Waals surface area contributed by atoms with E-state index in [1.165, 1.54) is 38.0 Å². The lowest BCUT2D eigenvalue weighted by Gasteiger charge is -2.35. The molecule has 0 radical (unpaired) electrons. The molecule has 2 nitrogen and oxygen atoms in total. The van der Waals surface area contributed by atoms with Crippen molar-refractivity contribution in [2.24, 2.45) is 5.92 Å². The number of hydrogen-bond donors (Lipinski definition) is 1. The van der Waals surface area contributed by atoms with Crippen molar-refractivity contribution >= 4 is 0 Å². The first kappa shape index (κ1) is 15.5. The molecule has 1 saturated heterocycles. The van der Waals surface area contributed by atoms with Gasteiger partial charge in [-0.2, -0.15) is 0 Å². The van der Waals surface area contributed by atoms with Crippen LogP contribution in [0.4, 0.5) is 0 Å². The van der Waals surface area contributed by atoms with E-state index < -0.39 is 0 Å². The van der Waals surface area contributed by atoms with Crippen molar-refractivity contribution in [1.82, 2.24) is 10.2 Å². The summed E-state index contributed by atoms with van der Waals surface area (Å²) >= 11 is 0. The van der Waals surface area contributed by atoms with E-state index >= 15 is 0 Å². The van der Waals surface area contributed by atoms with Crippen LogP contribution in [0.1, 0.15) is 39.2 Å². The summed E-state index contributed by atoms with van der Waals surface area (Å²) in [4.78, 5) is 2.57. The van der Waals surface area contributed by atoms with Gasteiger partial charge in [0.15, 0.2) is 0 Å². The van der Waals surface area contributed by atoms with Gasteiger partial charge in [-0.1, -0.05) is 37.3 Å². The molecule has 1 aliphatic rings. The topological polar surface area (TPSA) is 15.3 Å². The average Bonchev–Trinajstić information content (AvgIpc) is 2.48. The van der Waals surface area contributed by atoms with Crippen molar-refractivity contribution in [2.75, 3.05) is 19.6 Å². The summed E-state index contributed by atoms with van der Waals surface area (Å²) in [6.45, 7) is 10.7. The zero-order valence-electron chi connectivity index (χ0n) is 13.3. The molecule has 1 aromatic carbocycles. The molecular formula is C18H30N2. The lowest BCUT2D eigenvalue weighted by atomic mass is 9.89. The zero-order valence-corrected chi connectivity index (χ0v) is 13.3. The highest BCUT2D eigenvalue weighted by molar-refractivity contribution is 5.15. The van der Waals surface area contributed by atoms with Gasteiger partial charge in [0.05, 0.1) is 0 Å². The summed E-state index contributed by atoms with van der Waals surface area (Å²) in [5.41, 5.74) is 1.43. The fourth-order valence-electron chi connectivity index (χ4n) is 3.38. The number of benzene rings is 1. The summed E-state index contributed by atoms with van der Waals surface area (Å²) in [5.74, 6) is 0.844. The summed E-state index contributed by atoms with van der Waals surface area (Å²) in [5, 5.41) is 3.81. The SMILES string of the molecule is CCN1CCC(C(C)NC(C)Cc2ccccc2)CC1. The van der Waals surface area contributed by atoms with E-state index in [1.54, 1.807) is 0 Å². The van der Waals surface area contributed by atoms with Gasteiger partial charge >= 0.3 is 0 Å². The molecule has 2 heteroatoms. The minimum Gasteiger partial charge on any atom is -0.311 e. The van der Waals surface area contributed by atoms with Gasteiger partial charge in [0.1, 0.15) is 0 Å². The maximum atomic E-state index is 3.81. The van der Waals surface area contributed by atoms with Gasteiger partial charge in [0, 0.05) is 12.1 Å². The van der Waals surface area contributed by atoms with Gasteiger partial charge in [-0.05, 0) is 64.2 Å². The minimum absolute atomic E-state index is 0.552. The lowest BCUT2D eigenvalue weighted by Crippen LogP contribution is -2.45. The van der Waals surface area contributed by atoms with Crippen LogP contribution in [0.5, 0.6) is 0 Å². The van der Waals surface area contributed by atoms with Crippen molar-refractivity contribution in [3.05, 3.63) is 35.9 Å². The van der Waals surface area contributed by atoms with Crippen molar-refractivity contribution in [1.29, 1.82) is 0 Å². The van der Waals surface area contributed by atoms with Crippen molar-refractivity contribution < 1.29 is 0 Å². The van der Waals surface area contributed by atoms with Gasteiger partial charge in [-0.25, -0.2) is 0 Å². The lowest BCUT2D eigenvalue weighted by molar-refractivity contribution is 0.165. The number of nitrogens with zero attached hydrogens (tertiary/aromatic N) is 1. The smallest absolute Gasteiger partial charge is 0.00817 e. The largest absolute Gasteiger partial charge is 0.311 e. The molecule has 2 unspecified atom stereocenters. The molecule has 0 bridgehead atoms. The van der Waals surface area contributed by atoms with E-state index in [0.717, 1.165) is 12.3 Å². The second-order valence-electron chi connectivity index (χ2n) is 6.32. The third kappa shape index (κ3) is 4.60. The molecule has 112 valence electrons. The number of rotatable bonds is 6. The van der Waals surface area contributed by atoms with Crippen molar-refractivity contribution in [2.45, 2.75) is 52.1 Å². The monoisotopic (exact) mass is 274 g/mol. The van der Waals surface area contributed by atoms with Gasteiger partial charge in [-0.15, -0.1) is 0 Å². The first-order valence-electron chi connectivity index (χ1n) is 8.21. The molecule has 0 amide bonds. The molecule has 1 aliphatic heterocycles. The Morgan fingerprint density at radius 3 is 2.40 bits per heavy atom. The summed E-state index contributed by atoms with van der Waals surface area (Å²) in [6, 6.07) is 12.0. The fourth-order valence-corrected chi connectivity index (χ4v) is 3.38. The van der Waals surface area contributed by atoms with Crippen LogP contribution in [0.15, 0.2) is 30.3 Å². The molecule has 1 aromatic rings. The van der Waals surface area contributed by atoms with E-state index in [9.17, 15) is 0 Å². The first-order chi connectivity index (χ1) is 9.69. The normalized spacial score (nSPS) is 20.8. The van der Waals surface area contributed by atoms with Gasteiger partial charge in [0.25, 0.3) is 0 Å². The Morgan fingerprint density at radius 2 is 1.80 bits per heavy atom. The van der Waals surface area contributed by atoms with Crippen LogP contribution in [-0.2, 0) is 6.42 Å². The zero-order chi connectivity index (χ0) is 14.4. The van der Waals surface area contributed by atoms with Crippen molar-refractivity contribution in [3.8, 4) is 0 Å². The third-order valence-electron chi connectivity index (χ3n) is 4.72. The standard InChI is InChI=1S/C18H30N2/c1-4-20-12-10-18(11-13-20)16(3)19-15(2)14-17-8-6-5-7-9-17/h5-9,15-16,18-19H,4,10-14H2,1-3H3. The molecule has 0 spiro atoms. The molecule has 0 aliphatic carbocycles. The second-order valence-corrected chi connectivity index (χ2v) is 6.32. The Balaban J connectivity index is 1.75. The van der Waals surface area contributed by atoms with Crippen LogP contribution in [0, 0.1) is 5.92 Å². The number of piperidine rings is 1. The van der Waals surface area contributed by atoms with Crippen molar-refractivity contribution in [3.63, 3.8) is 0 Å². The van der Waals surface area contributed by atoms with Gasteiger partial charge in [-0.3, -0.25) is 0 Å². The van der Waals surface area contributed by atoms with E-state index in [0.29, 0.717) is 12.1 Å². The van der Waals surface area contributed by atoms with Crippen LogP contribution in [0.25, 0.3) is 0 Å². The van der Waals surface area contributed by atoms with E-state index in [1.807, 2.05) is 0 Å². The molecule has 0 aromatic heterocycles. The van der Waals surface area contributed by atoms with Gasteiger partial charge in [0.2, 0.25) is 0 Å². The number of nitrogens with one attached hydrogen (secondary N) is 1. The highest BCUT2D eigenvalue weighted by Crippen LogP contribution is 2.21. The number of hydrogen-bond acceptors (Lipinski definition) is 2. The molecule has 2 atom stereocenters. The van der Waals surface area contributed by atoms with Crippen LogP contribution in [0.2, 0.25) is 0 Å². The van der Waals surface area contributed by atoms with Gasteiger partial charge < -0.3 is 10.2 Å². The Kier molecular flexibility index (Phi) is 6.06. The summed E-state index contributed by atoms with van der Waals surface area (Å²) in [7, 11) is 0. The average molecular weight is 274 g/mol. The van der Waals surface area contributed by atoms with Crippen LogP contribution in [0.3, 0.4) is 0 Å². The molecular weight excluding hydrogens is 244 g/mol. The molecule has 20 heavy (non-hydrogen) atoms. The van der Waals surface area contributed by atoms with Crippen LogP contribution < -0.4 is 5.32 Å². The van der Waals surface area contributed by atoms with E-state index in [4.69, 9.17) is 0 Å². The molecule has 0 saturated carbocycles. The van der Waals surface area contributed by atoms with E-state index in [-0.39, 0.29) is 0 Å². The summed E-state index contributed by atoms with van der Waals surface area (Å²) < 4.78 is 0. The van der Waals surface area contributed by atoms with Crippen LogP contribution in [-0.4, -0.2) is 36.6 Å². The Morgan fingerprint density at radius 1 is 1.15 bits per heavy atom. The second kappa shape index (κ2) is 7.80. The Bertz CT molecular complexity index is 368. The maximum absolute atomic E-state index is 3.81. The molecule has 2 rings (SSSR count). The van der Waals surface area contributed by atoms with E-state index in [2.05, 4.69) is 61.3 Å². The Hall–Kier alpha value is -0.860. The highest BCUT2D eigenvalue weighted by Gasteiger charge is 2.23. The maximum Gasteiger partial charge on any atom is 0.00817 e. The van der Waals surface area contributed by atoms with Crippen LogP contribution >= 0.6 is 0 Å². The Labute approximate surface area is 124 Å². The fraction of sp³-hybridized carbons (Fsp3) is 0.667. The predicted molar refractivity (Wildman–Crippen MR) is 87.0 cm³/mol. The minimum atomic E-state index is 0.552. The third-order valence-corrected chi connectivity index (χ3v) is 4.72. The highest BCUT2D eigenvalue weighted by atomic mass is 15.1. The predicted octanol–water partition coefficient (Wildman–Crippen LogP) is 3.33. The number of likely N-dealkylation sites (tertiary alicyclic amines) is 1. The quantitative estimate of drug-likeness (QED) is 0.856.